The number of hydrogen-bond donors (Lipinski definition) is 0. The van der Waals surface area contributed by atoms with Gasteiger partial charge in [0.15, 0.2) is 0 Å². The molecule has 0 aromatic carbocycles. The quantitative estimate of drug-likeness (QED) is 0.705. The molecule has 0 radical (unpaired) electrons. The first-order chi connectivity index (χ1) is 5.86. The summed E-state index contributed by atoms with van der Waals surface area (Å²) in [6.45, 7) is 2.22. The van der Waals surface area contributed by atoms with E-state index in [0.29, 0.717) is 0 Å². The minimum Gasteiger partial charge on any atom is -0.469 e. The predicted molar refractivity (Wildman–Crippen MR) is 54.6 cm³/mol. The van der Waals surface area contributed by atoms with Crippen LogP contribution < -0.4 is 0 Å². The van der Waals surface area contributed by atoms with Gasteiger partial charge in [0, 0.05) is 11.8 Å². The van der Waals surface area contributed by atoms with E-state index in [2.05, 4.69) is 22.9 Å². The van der Waals surface area contributed by atoms with E-state index in [9.17, 15) is 0 Å². The smallest absolute Gasteiger partial charge is 0.104 e. The maximum atomic E-state index is 5.29. The zero-order valence-corrected chi connectivity index (χ0v) is 9.01. The third-order valence-corrected chi connectivity index (χ3v) is 2.90. The van der Waals surface area contributed by atoms with Crippen molar-refractivity contribution in [2.45, 2.75) is 26.2 Å². The van der Waals surface area contributed by atoms with Crippen molar-refractivity contribution in [1.29, 1.82) is 0 Å². The van der Waals surface area contributed by atoms with Gasteiger partial charge in [0.25, 0.3) is 0 Å². The van der Waals surface area contributed by atoms with Crippen LogP contribution in [0.3, 0.4) is 0 Å². The largest absolute Gasteiger partial charge is 0.469 e. The lowest BCUT2D eigenvalue weighted by Gasteiger charge is -2.09. The Bertz CT molecular complexity index is 194. The van der Waals surface area contributed by atoms with Gasteiger partial charge >= 0.3 is 0 Å². The van der Waals surface area contributed by atoms with Crippen LogP contribution in [-0.4, -0.2) is 5.33 Å². The summed E-state index contributed by atoms with van der Waals surface area (Å²) >= 11 is 3.52. The summed E-state index contributed by atoms with van der Waals surface area (Å²) < 4.78 is 5.29. The molecule has 1 heterocycles. The molecular weight excluding hydrogens is 216 g/mol. The minimum atomic E-state index is 0.723. The van der Waals surface area contributed by atoms with Crippen molar-refractivity contribution in [3.05, 3.63) is 24.2 Å². The van der Waals surface area contributed by atoms with Gasteiger partial charge in [0.1, 0.15) is 5.76 Å². The Hall–Kier alpha value is -0.240. The molecule has 0 bridgehead atoms. The van der Waals surface area contributed by atoms with Crippen LogP contribution in [0, 0.1) is 5.92 Å². The highest BCUT2D eigenvalue weighted by molar-refractivity contribution is 9.09. The molecule has 12 heavy (non-hydrogen) atoms. The lowest BCUT2D eigenvalue weighted by Crippen LogP contribution is -2.04. The minimum absolute atomic E-state index is 0.723. The summed E-state index contributed by atoms with van der Waals surface area (Å²) in [6.07, 6.45) is 5.32. The summed E-state index contributed by atoms with van der Waals surface area (Å²) in [6, 6.07) is 4.00. The van der Waals surface area contributed by atoms with E-state index >= 15 is 0 Å². The second-order valence-electron chi connectivity index (χ2n) is 3.09. The van der Waals surface area contributed by atoms with Crippen LogP contribution in [-0.2, 0) is 6.42 Å². The van der Waals surface area contributed by atoms with Crippen molar-refractivity contribution in [2.24, 2.45) is 5.92 Å². The molecule has 1 nitrogen and oxygen atoms in total. The Morgan fingerprint density at radius 2 is 2.42 bits per heavy atom. The van der Waals surface area contributed by atoms with E-state index in [1.807, 2.05) is 12.1 Å². The number of halogens is 1. The van der Waals surface area contributed by atoms with Crippen molar-refractivity contribution < 1.29 is 4.42 Å². The van der Waals surface area contributed by atoms with Crippen molar-refractivity contribution in [3.63, 3.8) is 0 Å². The van der Waals surface area contributed by atoms with Crippen LogP contribution in [0.1, 0.15) is 25.5 Å². The van der Waals surface area contributed by atoms with Crippen molar-refractivity contribution in [1.82, 2.24) is 0 Å². The normalized spacial score (nSPS) is 13.2. The molecule has 1 atom stereocenters. The molecule has 0 aliphatic heterocycles. The SMILES string of the molecule is CCCC(CBr)Cc1ccco1. The number of hydrogen-bond acceptors (Lipinski definition) is 1. The van der Waals surface area contributed by atoms with E-state index in [4.69, 9.17) is 4.42 Å². The lowest BCUT2D eigenvalue weighted by molar-refractivity contribution is 0.443. The summed E-state index contributed by atoms with van der Waals surface area (Å²) in [5.41, 5.74) is 0. The van der Waals surface area contributed by atoms with Gasteiger partial charge in [-0.3, -0.25) is 0 Å². The highest BCUT2D eigenvalue weighted by atomic mass is 79.9. The monoisotopic (exact) mass is 230 g/mol. The highest BCUT2D eigenvalue weighted by Gasteiger charge is 2.08. The first-order valence-corrected chi connectivity index (χ1v) is 5.57. The van der Waals surface area contributed by atoms with E-state index in [1.165, 1.54) is 12.8 Å². The average molecular weight is 231 g/mol. The standard InChI is InChI=1S/C10H15BrO/c1-2-4-9(8-11)7-10-5-3-6-12-10/h3,5-6,9H,2,4,7-8H2,1H3. The molecule has 1 unspecified atom stereocenters. The zero-order chi connectivity index (χ0) is 8.81. The molecule has 0 spiro atoms. The molecule has 0 aliphatic carbocycles. The Balaban J connectivity index is 2.37. The molecule has 0 saturated carbocycles. The summed E-state index contributed by atoms with van der Waals surface area (Å²) in [4.78, 5) is 0. The van der Waals surface area contributed by atoms with E-state index in [0.717, 1.165) is 23.4 Å². The fourth-order valence-electron chi connectivity index (χ4n) is 1.36. The molecule has 2 heteroatoms. The number of rotatable bonds is 5. The van der Waals surface area contributed by atoms with Gasteiger partial charge < -0.3 is 4.42 Å². The first-order valence-electron chi connectivity index (χ1n) is 4.45. The summed E-state index contributed by atoms with van der Waals surface area (Å²) in [7, 11) is 0. The Morgan fingerprint density at radius 1 is 1.58 bits per heavy atom. The molecule has 0 aliphatic rings. The second kappa shape index (κ2) is 5.41. The zero-order valence-electron chi connectivity index (χ0n) is 7.42. The molecule has 0 amide bonds. The van der Waals surface area contributed by atoms with Gasteiger partial charge in [-0.15, -0.1) is 0 Å². The maximum absolute atomic E-state index is 5.29. The van der Waals surface area contributed by atoms with Crippen LogP contribution in [0.4, 0.5) is 0 Å². The van der Waals surface area contributed by atoms with Gasteiger partial charge in [-0.25, -0.2) is 0 Å². The van der Waals surface area contributed by atoms with Crippen molar-refractivity contribution in [3.8, 4) is 0 Å². The molecule has 1 aromatic heterocycles. The topological polar surface area (TPSA) is 13.1 Å². The summed E-state index contributed by atoms with van der Waals surface area (Å²) in [5.74, 6) is 1.83. The van der Waals surface area contributed by atoms with Crippen molar-refractivity contribution >= 4 is 15.9 Å². The van der Waals surface area contributed by atoms with Gasteiger partial charge in [-0.05, 0) is 24.5 Å². The molecule has 0 fully saturated rings. The second-order valence-corrected chi connectivity index (χ2v) is 3.74. The van der Waals surface area contributed by atoms with E-state index in [1.54, 1.807) is 6.26 Å². The van der Waals surface area contributed by atoms with Gasteiger partial charge in [-0.1, -0.05) is 29.3 Å². The van der Waals surface area contributed by atoms with Crippen LogP contribution in [0.15, 0.2) is 22.8 Å². The van der Waals surface area contributed by atoms with E-state index < -0.39 is 0 Å². The fraction of sp³-hybridized carbons (Fsp3) is 0.600. The number of furan rings is 1. The van der Waals surface area contributed by atoms with Crippen LogP contribution in [0.5, 0.6) is 0 Å². The van der Waals surface area contributed by atoms with Crippen molar-refractivity contribution in [2.75, 3.05) is 5.33 Å². The Labute approximate surface area is 82.3 Å². The average Bonchev–Trinajstić information content (AvgIpc) is 2.56. The van der Waals surface area contributed by atoms with Crippen LogP contribution >= 0.6 is 15.9 Å². The first kappa shape index (κ1) is 9.85. The van der Waals surface area contributed by atoms with Gasteiger partial charge in [0.2, 0.25) is 0 Å². The summed E-state index contributed by atoms with van der Waals surface area (Å²) in [5, 5.41) is 1.07. The van der Waals surface area contributed by atoms with E-state index in [-0.39, 0.29) is 0 Å². The Morgan fingerprint density at radius 3 is 2.92 bits per heavy atom. The predicted octanol–water partition coefficient (Wildman–Crippen LogP) is 3.63. The molecule has 1 rings (SSSR count). The van der Waals surface area contributed by atoms with Crippen LogP contribution in [0.2, 0.25) is 0 Å². The van der Waals surface area contributed by atoms with Gasteiger partial charge in [-0.2, -0.15) is 0 Å². The number of alkyl halides is 1. The molecular formula is C10H15BrO. The lowest BCUT2D eigenvalue weighted by atomic mass is 10.0. The highest BCUT2D eigenvalue weighted by Crippen LogP contribution is 2.16. The third kappa shape index (κ3) is 3.02. The molecule has 68 valence electrons. The third-order valence-electron chi connectivity index (χ3n) is 1.99. The molecule has 0 N–H and O–H groups in total. The Kier molecular flexibility index (Phi) is 4.44. The molecule has 0 saturated heterocycles. The molecule has 1 aromatic rings. The van der Waals surface area contributed by atoms with Gasteiger partial charge in [0.05, 0.1) is 6.26 Å². The maximum Gasteiger partial charge on any atom is 0.104 e. The fourth-order valence-corrected chi connectivity index (χ4v) is 1.91. The van der Waals surface area contributed by atoms with Crippen LogP contribution in [0.25, 0.3) is 0 Å².